The van der Waals surface area contributed by atoms with Crippen LogP contribution < -0.4 is 14.4 Å². The van der Waals surface area contributed by atoms with Gasteiger partial charge >= 0.3 is 0 Å². The standard InChI is InChI=1S/C20H18N2O5S2/c23-19(8-13-4-2-1-3-5-13)21-20-22(15-10-29(24,25)11-18(15)28-20)14-6-7-16-17(9-14)27-12-26-16/h1-7,9,15,18H,8,10-12H2/t15-,18-/m0/s1. The van der Waals surface area contributed by atoms with E-state index in [1.54, 1.807) is 6.07 Å². The molecule has 2 aromatic rings. The molecule has 7 nitrogen and oxygen atoms in total. The predicted octanol–water partition coefficient (Wildman–Crippen LogP) is 2.26. The number of hydrogen-bond acceptors (Lipinski definition) is 6. The molecular weight excluding hydrogens is 412 g/mol. The first-order chi connectivity index (χ1) is 14.0. The van der Waals surface area contributed by atoms with Crippen LogP contribution in [0.5, 0.6) is 11.5 Å². The Balaban J connectivity index is 1.48. The topological polar surface area (TPSA) is 85.3 Å². The van der Waals surface area contributed by atoms with Crippen LogP contribution in [0.4, 0.5) is 5.69 Å². The number of amides is 1. The number of thioether (sulfide) groups is 1. The number of rotatable bonds is 3. The van der Waals surface area contributed by atoms with Crippen molar-refractivity contribution in [3.8, 4) is 11.5 Å². The van der Waals surface area contributed by atoms with Crippen molar-refractivity contribution < 1.29 is 22.7 Å². The summed E-state index contributed by atoms with van der Waals surface area (Å²) in [7, 11) is -3.12. The van der Waals surface area contributed by atoms with Gasteiger partial charge in [0, 0.05) is 17.0 Å². The van der Waals surface area contributed by atoms with Crippen LogP contribution in [0.3, 0.4) is 0 Å². The maximum absolute atomic E-state index is 12.6. The van der Waals surface area contributed by atoms with E-state index in [4.69, 9.17) is 9.47 Å². The van der Waals surface area contributed by atoms with Crippen molar-refractivity contribution in [1.29, 1.82) is 0 Å². The number of benzene rings is 2. The van der Waals surface area contributed by atoms with Gasteiger partial charge in [-0.3, -0.25) is 4.79 Å². The first-order valence-corrected chi connectivity index (χ1v) is 11.9. The van der Waals surface area contributed by atoms with E-state index < -0.39 is 9.84 Å². The molecule has 2 fully saturated rings. The van der Waals surface area contributed by atoms with Crippen LogP contribution in [-0.2, 0) is 21.1 Å². The molecule has 3 aliphatic rings. The Labute approximate surface area is 172 Å². The van der Waals surface area contributed by atoms with Crippen LogP contribution in [0, 0.1) is 0 Å². The van der Waals surface area contributed by atoms with Crippen LogP contribution in [0.15, 0.2) is 53.5 Å². The minimum absolute atomic E-state index is 0.0466. The van der Waals surface area contributed by atoms with Crippen LogP contribution in [0.1, 0.15) is 5.56 Å². The van der Waals surface area contributed by atoms with Gasteiger partial charge in [-0.05, 0) is 17.7 Å². The fourth-order valence-electron chi connectivity index (χ4n) is 3.82. The van der Waals surface area contributed by atoms with Crippen molar-refractivity contribution in [2.75, 3.05) is 23.2 Å². The summed E-state index contributed by atoms with van der Waals surface area (Å²) in [4.78, 5) is 18.8. The third kappa shape index (κ3) is 3.60. The van der Waals surface area contributed by atoms with Crippen LogP contribution >= 0.6 is 11.8 Å². The zero-order valence-corrected chi connectivity index (χ0v) is 17.0. The van der Waals surface area contributed by atoms with Crippen LogP contribution in [0.2, 0.25) is 0 Å². The molecule has 2 aromatic carbocycles. The number of hydrogen-bond donors (Lipinski definition) is 0. The SMILES string of the molecule is O=C(Cc1ccccc1)N=C1S[C@H]2CS(=O)(=O)C[C@@H]2N1c1ccc2c(c1)OCO2. The lowest BCUT2D eigenvalue weighted by molar-refractivity contribution is -0.117. The Kier molecular flexibility index (Phi) is 4.51. The zero-order valence-electron chi connectivity index (χ0n) is 15.4. The number of sulfone groups is 1. The third-order valence-corrected chi connectivity index (χ3v) is 8.33. The van der Waals surface area contributed by atoms with E-state index in [0.717, 1.165) is 11.3 Å². The van der Waals surface area contributed by atoms with Gasteiger partial charge in [-0.25, -0.2) is 8.42 Å². The zero-order chi connectivity index (χ0) is 20.0. The molecule has 2 saturated heterocycles. The molecule has 9 heteroatoms. The number of anilines is 1. The number of carbonyl (C=O) groups is 1. The molecule has 0 radical (unpaired) electrons. The van der Waals surface area contributed by atoms with Crippen LogP contribution in [-0.4, -0.2) is 49.1 Å². The lowest BCUT2D eigenvalue weighted by atomic mass is 10.1. The van der Waals surface area contributed by atoms with Gasteiger partial charge in [0.05, 0.1) is 24.0 Å². The summed E-state index contributed by atoms with van der Waals surface area (Å²) in [5, 5.41) is 0.392. The van der Waals surface area contributed by atoms with Gasteiger partial charge in [-0.1, -0.05) is 42.1 Å². The van der Waals surface area contributed by atoms with Crippen molar-refractivity contribution in [2.45, 2.75) is 17.7 Å². The van der Waals surface area contributed by atoms with E-state index in [-0.39, 0.29) is 41.9 Å². The molecule has 1 amide bonds. The van der Waals surface area contributed by atoms with Gasteiger partial charge < -0.3 is 14.4 Å². The molecule has 0 saturated carbocycles. The average molecular weight is 431 g/mol. The van der Waals surface area contributed by atoms with Gasteiger partial charge in [0.15, 0.2) is 26.5 Å². The van der Waals surface area contributed by atoms with Gasteiger partial charge in [0.2, 0.25) is 6.79 Å². The number of amidine groups is 1. The molecule has 0 aliphatic carbocycles. The first-order valence-electron chi connectivity index (χ1n) is 9.20. The molecule has 3 aliphatic heterocycles. The highest BCUT2D eigenvalue weighted by Gasteiger charge is 2.49. The van der Waals surface area contributed by atoms with Crippen molar-refractivity contribution in [1.82, 2.24) is 0 Å². The maximum atomic E-state index is 12.6. The predicted molar refractivity (Wildman–Crippen MR) is 111 cm³/mol. The summed E-state index contributed by atoms with van der Waals surface area (Å²) in [5.74, 6) is 1.13. The van der Waals surface area contributed by atoms with Gasteiger partial charge in [0.25, 0.3) is 5.91 Å². The lowest BCUT2D eigenvalue weighted by Crippen LogP contribution is -2.37. The summed E-state index contributed by atoms with van der Waals surface area (Å²) in [6, 6.07) is 14.6. The van der Waals surface area contributed by atoms with E-state index >= 15 is 0 Å². The normalized spacial score (nSPS) is 25.4. The van der Waals surface area contributed by atoms with Gasteiger partial charge in [0.1, 0.15) is 0 Å². The van der Waals surface area contributed by atoms with E-state index in [1.165, 1.54) is 11.8 Å². The Morgan fingerprint density at radius 2 is 1.90 bits per heavy atom. The fraction of sp³-hybridized carbons (Fsp3) is 0.300. The maximum Gasteiger partial charge on any atom is 0.252 e. The fourth-order valence-corrected chi connectivity index (χ4v) is 7.75. The Bertz CT molecular complexity index is 1100. The molecule has 0 N–H and O–H groups in total. The quantitative estimate of drug-likeness (QED) is 0.738. The second-order valence-corrected chi connectivity index (χ2v) is 10.5. The minimum atomic E-state index is -3.12. The summed E-state index contributed by atoms with van der Waals surface area (Å²) in [6.07, 6.45) is 0.202. The first kappa shape index (κ1) is 18.5. The minimum Gasteiger partial charge on any atom is -0.454 e. The second kappa shape index (κ2) is 7.07. The largest absolute Gasteiger partial charge is 0.454 e. The highest BCUT2D eigenvalue weighted by atomic mass is 32.2. The average Bonchev–Trinajstić information content (AvgIpc) is 3.33. The smallest absolute Gasteiger partial charge is 0.252 e. The van der Waals surface area contributed by atoms with E-state index in [0.29, 0.717) is 16.7 Å². The molecule has 150 valence electrons. The highest BCUT2D eigenvalue weighted by Crippen LogP contribution is 2.43. The summed E-state index contributed by atoms with van der Waals surface area (Å²) in [6.45, 7) is 0.157. The monoisotopic (exact) mass is 430 g/mol. The molecule has 0 aromatic heterocycles. The molecule has 0 spiro atoms. The third-order valence-electron chi connectivity index (χ3n) is 5.12. The summed E-state index contributed by atoms with van der Waals surface area (Å²) >= 11 is 1.36. The van der Waals surface area contributed by atoms with Gasteiger partial charge in [-0.15, -0.1) is 0 Å². The highest BCUT2D eigenvalue weighted by molar-refractivity contribution is 8.16. The Morgan fingerprint density at radius 1 is 1.10 bits per heavy atom. The molecule has 3 heterocycles. The summed E-state index contributed by atoms with van der Waals surface area (Å²) in [5.41, 5.74) is 1.64. The van der Waals surface area contributed by atoms with Crippen molar-refractivity contribution in [3.63, 3.8) is 0 Å². The van der Waals surface area contributed by atoms with E-state index in [9.17, 15) is 13.2 Å². The molecule has 0 bridgehead atoms. The number of aliphatic imine (C=N–C) groups is 1. The molecule has 29 heavy (non-hydrogen) atoms. The second-order valence-electron chi connectivity index (χ2n) is 7.16. The van der Waals surface area contributed by atoms with Gasteiger partial charge in [-0.2, -0.15) is 4.99 Å². The molecular formula is C20H18N2O5S2. The number of carbonyl (C=O) groups excluding carboxylic acids is 1. The number of nitrogens with zero attached hydrogens (tertiary/aromatic N) is 2. The molecule has 0 unspecified atom stereocenters. The number of ether oxygens (including phenoxy) is 2. The van der Waals surface area contributed by atoms with Crippen molar-refractivity contribution >= 4 is 38.4 Å². The molecule has 2 atom stereocenters. The van der Waals surface area contributed by atoms with Crippen molar-refractivity contribution in [2.24, 2.45) is 4.99 Å². The Morgan fingerprint density at radius 3 is 2.72 bits per heavy atom. The van der Waals surface area contributed by atoms with E-state index in [2.05, 4.69) is 4.99 Å². The lowest BCUT2D eigenvalue weighted by Gasteiger charge is -2.24. The Hall–Kier alpha value is -2.52. The van der Waals surface area contributed by atoms with Crippen LogP contribution in [0.25, 0.3) is 0 Å². The van der Waals surface area contributed by atoms with Crippen molar-refractivity contribution in [3.05, 3.63) is 54.1 Å². The number of fused-ring (bicyclic) bond motifs is 2. The van der Waals surface area contributed by atoms with E-state index in [1.807, 2.05) is 47.4 Å². The molecule has 5 rings (SSSR count). The summed E-state index contributed by atoms with van der Waals surface area (Å²) < 4.78 is 35.2.